The molecule has 0 fully saturated rings. The molecule has 0 aliphatic heterocycles. The number of rotatable bonds is 5. The zero-order valence-corrected chi connectivity index (χ0v) is 15.2. The Morgan fingerprint density at radius 3 is 2.30 bits per heavy atom. The number of hydrogen-bond acceptors (Lipinski definition) is 4. The number of anilines is 1. The largest absolute Gasteiger partial charge is 0.358 e. The van der Waals surface area contributed by atoms with Crippen LogP contribution in [0.4, 0.5) is 5.82 Å². The molecule has 2 aromatic rings. The van der Waals surface area contributed by atoms with Gasteiger partial charge in [-0.3, -0.25) is 0 Å². The number of likely N-dealkylation sites (N-methyl/N-ethyl adjacent to an activating group) is 1. The molecular formula is C18H24N2O2S. The molecule has 0 radical (unpaired) electrons. The third kappa shape index (κ3) is 4.10. The number of aryl methyl sites for hydroxylation is 1. The van der Waals surface area contributed by atoms with Crippen LogP contribution in [0.15, 0.2) is 47.5 Å². The molecule has 2 rings (SSSR count). The molecule has 0 aliphatic carbocycles. The molecule has 1 heterocycles. The standard InChI is InChI=1S/C18H24N2O2S/c1-14-8-10-15(11-9-14)18(2,3)13-20(4)17-16(23(5,21)22)7-6-12-19-17/h6-12H,13H2,1-5H3. The summed E-state index contributed by atoms with van der Waals surface area (Å²) >= 11 is 0. The first kappa shape index (κ1) is 17.5. The number of nitrogens with zero attached hydrogens (tertiary/aromatic N) is 2. The predicted octanol–water partition coefficient (Wildman–Crippen LogP) is 3.21. The summed E-state index contributed by atoms with van der Waals surface area (Å²) in [5, 5.41) is 0. The quantitative estimate of drug-likeness (QED) is 0.843. The van der Waals surface area contributed by atoms with Crippen molar-refractivity contribution < 1.29 is 8.42 Å². The highest BCUT2D eigenvalue weighted by molar-refractivity contribution is 7.90. The number of sulfone groups is 1. The van der Waals surface area contributed by atoms with Gasteiger partial charge in [0, 0.05) is 31.5 Å². The molecular weight excluding hydrogens is 308 g/mol. The van der Waals surface area contributed by atoms with E-state index < -0.39 is 9.84 Å². The highest BCUT2D eigenvalue weighted by Crippen LogP contribution is 2.28. The van der Waals surface area contributed by atoms with E-state index in [2.05, 4.69) is 50.0 Å². The van der Waals surface area contributed by atoms with Crippen LogP contribution in [0.25, 0.3) is 0 Å². The summed E-state index contributed by atoms with van der Waals surface area (Å²) < 4.78 is 23.9. The van der Waals surface area contributed by atoms with Gasteiger partial charge in [-0.2, -0.15) is 0 Å². The van der Waals surface area contributed by atoms with Crippen molar-refractivity contribution in [2.45, 2.75) is 31.1 Å². The Kier molecular flexibility index (Phi) is 4.80. The maximum atomic E-state index is 12.0. The Labute approximate surface area is 139 Å². The van der Waals surface area contributed by atoms with Crippen LogP contribution in [0, 0.1) is 6.92 Å². The molecule has 1 aromatic carbocycles. The van der Waals surface area contributed by atoms with Crippen LogP contribution >= 0.6 is 0 Å². The van der Waals surface area contributed by atoms with Crippen molar-refractivity contribution in [3.63, 3.8) is 0 Å². The molecule has 5 heteroatoms. The summed E-state index contributed by atoms with van der Waals surface area (Å²) in [6.45, 7) is 7.03. The van der Waals surface area contributed by atoms with E-state index >= 15 is 0 Å². The number of benzene rings is 1. The second-order valence-electron chi connectivity index (χ2n) is 6.70. The van der Waals surface area contributed by atoms with Gasteiger partial charge in [0.15, 0.2) is 9.84 Å². The maximum absolute atomic E-state index is 12.0. The molecule has 0 unspecified atom stereocenters. The van der Waals surface area contributed by atoms with E-state index in [1.54, 1.807) is 18.3 Å². The lowest BCUT2D eigenvalue weighted by Gasteiger charge is -2.32. The molecule has 0 atom stereocenters. The smallest absolute Gasteiger partial charge is 0.179 e. The summed E-state index contributed by atoms with van der Waals surface area (Å²) in [6.07, 6.45) is 2.84. The Bertz CT molecular complexity index is 781. The van der Waals surface area contributed by atoms with Gasteiger partial charge in [0.25, 0.3) is 0 Å². The van der Waals surface area contributed by atoms with Crippen LogP contribution in [-0.2, 0) is 15.3 Å². The minimum atomic E-state index is -3.31. The van der Waals surface area contributed by atoms with Gasteiger partial charge in [-0.25, -0.2) is 13.4 Å². The molecule has 0 amide bonds. The lowest BCUT2D eigenvalue weighted by atomic mass is 9.84. The second-order valence-corrected chi connectivity index (χ2v) is 8.69. The van der Waals surface area contributed by atoms with Crippen LogP contribution in [0.3, 0.4) is 0 Å². The molecule has 23 heavy (non-hydrogen) atoms. The maximum Gasteiger partial charge on any atom is 0.179 e. The van der Waals surface area contributed by atoms with E-state index in [9.17, 15) is 8.42 Å². The third-order valence-electron chi connectivity index (χ3n) is 3.98. The Hall–Kier alpha value is -1.88. The Morgan fingerprint density at radius 2 is 1.74 bits per heavy atom. The molecule has 1 aromatic heterocycles. The molecule has 124 valence electrons. The molecule has 0 saturated heterocycles. The molecule has 0 bridgehead atoms. The normalized spacial score (nSPS) is 12.2. The Balaban J connectivity index is 2.32. The fourth-order valence-corrected chi connectivity index (χ4v) is 3.59. The van der Waals surface area contributed by atoms with E-state index in [4.69, 9.17) is 0 Å². The summed E-state index contributed by atoms with van der Waals surface area (Å²) in [6, 6.07) is 11.7. The zero-order chi connectivity index (χ0) is 17.3. The van der Waals surface area contributed by atoms with Crippen LogP contribution in [-0.4, -0.2) is 33.2 Å². The summed E-state index contributed by atoms with van der Waals surface area (Å²) in [7, 11) is -1.43. The van der Waals surface area contributed by atoms with Crippen molar-refractivity contribution in [2.75, 3.05) is 24.7 Å². The van der Waals surface area contributed by atoms with Gasteiger partial charge in [0.05, 0.1) is 0 Å². The fraction of sp³-hybridized carbons (Fsp3) is 0.389. The number of aromatic nitrogens is 1. The average Bonchev–Trinajstić information content (AvgIpc) is 2.46. The van der Waals surface area contributed by atoms with Crippen molar-refractivity contribution in [3.05, 3.63) is 53.7 Å². The summed E-state index contributed by atoms with van der Waals surface area (Å²) in [5.41, 5.74) is 2.31. The van der Waals surface area contributed by atoms with E-state index in [0.717, 1.165) is 0 Å². The van der Waals surface area contributed by atoms with Crippen molar-refractivity contribution in [1.82, 2.24) is 4.98 Å². The van der Waals surface area contributed by atoms with Crippen molar-refractivity contribution >= 4 is 15.7 Å². The average molecular weight is 332 g/mol. The zero-order valence-electron chi connectivity index (χ0n) is 14.4. The predicted molar refractivity (Wildman–Crippen MR) is 94.8 cm³/mol. The highest BCUT2D eigenvalue weighted by atomic mass is 32.2. The van der Waals surface area contributed by atoms with Crippen LogP contribution < -0.4 is 4.90 Å². The van der Waals surface area contributed by atoms with E-state index in [1.807, 2.05) is 11.9 Å². The lowest BCUT2D eigenvalue weighted by molar-refractivity contribution is 0.520. The van der Waals surface area contributed by atoms with Crippen LogP contribution in [0.2, 0.25) is 0 Å². The van der Waals surface area contributed by atoms with Crippen molar-refractivity contribution in [1.29, 1.82) is 0 Å². The highest BCUT2D eigenvalue weighted by Gasteiger charge is 2.25. The lowest BCUT2D eigenvalue weighted by Crippen LogP contribution is -2.35. The summed E-state index contributed by atoms with van der Waals surface area (Å²) in [4.78, 5) is 6.46. The van der Waals surface area contributed by atoms with Gasteiger partial charge < -0.3 is 4.90 Å². The first-order chi connectivity index (χ1) is 10.6. The first-order valence-electron chi connectivity index (χ1n) is 7.54. The third-order valence-corrected chi connectivity index (χ3v) is 5.10. The topological polar surface area (TPSA) is 50.3 Å². The van der Waals surface area contributed by atoms with Gasteiger partial charge in [-0.05, 0) is 24.6 Å². The molecule has 0 N–H and O–H groups in total. The fourth-order valence-electron chi connectivity index (χ4n) is 2.72. The molecule has 0 aliphatic rings. The Morgan fingerprint density at radius 1 is 1.13 bits per heavy atom. The summed E-state index contributed by atoms with van der Waals surface area (Å²) in [5.74, 6) is 0.496. The minimum Gasteiger partial charge on any atom is -0.358 e. The minimum absolute atomic E-state index is 0.130. The molecule has 0 saturated carbocycles. The first-order valence-corrected chi connectivity index (χ1v) is 9.44. The van der Waals surface area contributed by atoms with Crippen LogP contribution in [0.5, 0.6) is 0 Å². The number of hydrogen-bond donors (Lipinski definition) is 0. The van der Waals surface area contributed by atoms with Gasteiger partial charge in [-0.15, -0.1) is 0 Å². The van der Waals surface area contributed by atoms with Crippen molar-refractivity contribution in [3.8, 4) is 0 Å². The van der Waals surface area contributed by atoms with Gasteiger partial charge in [0.2, 0.25) is 0 Å². The molecule has 0 spiro atoms. The van der Waals surface area contributed by atoms with Gasteiger partial charge in [-0.1, -0.05) is 43.7 Å². The second kappa shape index (κ2) is 6.32. The number of pyridine rings is 1. The molecule has 4 nitrogen and oxygen atoms in total. The van der Waals surface area contributed by atoms with Gasteiger partial charge in [0.1, 0.15) is 10.7 Å². The SMILES string of the molecule is Cc1ccc(C(C)(C)CN(C)c2ncccc2S(C)(=O)=O)cc1. The van der Waals surface area contributed by atoms with E-state index in [0.29, 0.717) is 12.4 Å². The van der Waals surface area contributed by atoms with E-state index in [1.165, 1.54) is 17.4 Å². The van der Waals surface area contributed by atoms with Gasteiger partial charge >= 0.3 is 0 Å². The monoisotopic (exact) mass is 332 g/mol. The van der Waals surface area contributed by atoms with Crippen LogP contribution in [0.1, 0.15) is 25.0 Å². The van der Waals surface area contributed by atoms with E-state index in [-0.39, 0.29) is 10.3 Å². The van der Waals surface area contributed by atoms with Crippen molar-refractivity contribution in [2.24, 2.45) is 0 Å².